The molecule has 3 N–H and O–H groups in total. The number of nitrogens with zero attached hydrogens (tertiary/aromatic N) is 2. The average Bonchev–Trinajstić information content (AvgIpc) is 4.08. The van der Waals surface area contributed by atoms with E-state index in [2.05, 4.69) is 242 Å². The number of rotatable bonds is 20. The van der Waals surface area contributed by atoms with Gasteiger partial charge in [0.05, 0.1) is 19.5 Å². The van der Waals surface area contributed by atoms with Gasteiger partial charge in [0.2, 0.25) is 0 Å². The summed E-state index contributed by atoms with van der Waals surface area (Å²) in [6, 6.07) is 31.4. The Balaban J connectivity index is -0.000000124. The van der Waals surface area contributed by atoms with Gasteiger partial charge in [-0.3, -0.25) is 4.90 Å². The van der Waals surface area contributed by atoms with Gasteiger partial charge in [-0.05, 0) is 140 Å². The predicted octanol–water partition coefficient (Wildman–Crippen LogP) is 23.0. The lowest BCUT2D eigenvalue weighted by atomic mass is 9.97. The third-order valence-electron chi connectivity index (χ3n) is 12.5. The molecule has 0 radical (unpaired) electrons. The Bertz CT molecular complexity index is 1570. The summed E-state index contributed by atoms with van der Waals surface area (Å²) in [6.45, 7) is 56.7. The maximum absolute atomic E-state index is 7.88. The smallest absolute Gasteiger partial charge is 0.103 e. The van der Waals surface area contributed by atoms with Crippen molar-refractivity contribution in [2.24, 2.45) is 17.6 Å². The number of ether oxygens (including phenoxy) is 1. The molecule has 0 aliphatic carbocycles. The van der Waals surface area contributed by atoms with Gasteiger partial charge in [-0.1, -0.05) is 298 Å². The monoisotopic (exact) mass is 1160 g/mol. The van der Waals surface area contributed by atoms with E-state index in [4.69, 9.17) is 20.0 Å². The lowest BCUT2D eigenvalue weighted by Crippen LogP contribution is -2.36. The van der Waals surface area contributed by atoms with Gasteiger partial charge < -0.3 is 24.9 Å². The molecule has 4 aromatic rings. The number of hydrogen-bond donors (Lipinski definition) is 2. The van der Waals surface area contributed by atoms with E-state index in [0.29, 0.717) is 6.61 Å². The average molecular weight is 1170 g/mol. The number of aryl methyl sites for hydroxylation is 6. The first-order valence-corrected chi connectivity index (χ1v) is 33.9. The summed E-state index contributed by atoms with van der Waals surface area (Å²) in [5, 5.41) is 7.88. The SMILES string of the molecule is C=CCC.CCC(C)C.CCCC.CCCC.CCCCC(CC)CC.CCCCN(C)C.CCCN.CCCN1CCOCC1.CCCO.CCCc1ccccc1C.CCc1ccccc1.CCc1ccco1.Cc1ccc(C)cc1. The van der Waals surface area contributed by atoms with Crippen LogP contribution in [0.5, 0.6) is 0 Å². The van der Waals surface area contributed by atoms with E-state index in [0.717, 1.165) is 82.5 Å². The maximum atomic E-state index is 7.88. The summed E-state index contributed by atoms with van der Waals surface area (Å²) in [4.78, 5) is 4.66. The van der Waals surface area contributed by atoms with Crippen LogP contribution >= 0.6 is 0 Å². The van der Waals surface area contributed by atoms with Crippen LogP contribution < -0.4 is 5.73 Å². The molecule has 0 saturated carbocycles. The van der Waals surface area contributed by atoms with E-state index in [1.807, 2.05) is 31.2 Å². The molecule has 83 heavy (non-hydrogen) atoms. The number of furan rings is 1. The minimum absolute atomic E-state index is 0.319. The third kappa shape index (κ3) is 95.1. The number of benzene rings is 3. The molecule has 0 atom stereocenters. The fourth-order valence-corrected chi connectivity index (χ4v) is 5.83. The molecule has 2 heterocycles. The molecule has 1 aliphatic heterocycles. The van der Waals surface area contributed by atoms with Gasteiger partial charge in [0, 0.05) is 26.1 Å². The second kappa shape index (κ2) is 87.3. The molecule has 1 saturated heterocycles. The molecule has 490 valence electrons. The van der Waals surface area contributed by atoms with Crippen molar-refractivity contribution >= 4 is 0 Å². The van der Waals surface area contributed by atoms with Crippen LogP contribution in [0.3, 0.4) is 0 Å². The van der Waals surface area contributed by atoms with Crippen molar-refractivity contribution in [2.75, 3.05) is 66.6 Å². The van der Waals surface area contributed by atoms with Crippen LogP contribution in [0.15, 0.2) is 114 Å². The van der Waals surface area contributed by atoms with Gasteiger partial charge in [0.1, 0.15) is 5.76 Å². The topological polar surface area (TPSA) is 75.1 Å². The molecule has 3 aromatic carbocycles. The summed E-state index contributed by atoms with van der Waals surface area (Å²) in [5.41, 5.74) is 12.0. The number of morpholine rings is 1. The van der Waals surface area contributed by atoms with E-state index in [-0.39, 0.29) is 0 Å². The molecular formula is C77H149N3O3. The van der Waals surface area contributed by atoms with E-state index >= 15 is 0 Å². The Morgan fingerprint density at radius 3 is 1.30 bits per heavy atom. The fraction of sp³-hybridized carbons (Fsp3) is 0.688. The molecule has 1 aliphatic rings. The van der Waals surface area contributed by atoms with Crippen molar-refractivity contribution in [1.29, 1.82) is 0 Å². The number of aliphatic hydroxyl groups excluding tert-OH is 1. The molecule has 6 heteroatoms. The molecule has 0 spiro atoms. The minimum atomic E-state index is 0.319. The van der Waals surface area contributed by atoms with E-state index in [1.54, 1.807) is 6.26 Å². The van der Waals surface area contributed by atoms with Gasteiger partial charge >= 0.3 is 0 Å². The fourth-order valence-electron chi connectivity index (χ4n) is 5.83. The Morgan fingerprint density at radius 1 is 0.578 bits per heavy atom. The molecule has 5 rings (SSSR count). The van der Waals surface area contributed by atoms with E-state index in [1.165, 1.54) is 137 Å². The van der Waals surface area contributed by atoms with Crippen LogP contribution in [0.1, 0.15) is 267 Å². The van der Waals surface area contributed by atoms with Crippen molar-refractivity contribution in [3.8, 4) is 0 Å². The largest absolute Gasteiger partial charge is 0.469 e. The Labute approximate surface area is 523 Å². The van der Waals surface area contributed by atoms with Crippen molar-refractivity contribution in [3.05, 3.63) is 143 Å². The van der Waals surface area contributed by atoms with E-state index in [9.17, 15) is 0 Å². The summed E-state index contributed by atoms with van der Waals surface area (Å²) < 4.78 is 10.2. The first kappa shape index (κ1) is 95.8. The van der Waals surface area contributed by atoms with Crippen molar-refractivity contribution in [3.63, 3.8) is 0 Å². The molecule has 0 amide bonds. The van der Waals surface area contributed by atoms with Gasteiger partial charge in [-0.2, -0.15) is 0 Å². The minimum Gasteiger partial charge on any atom is -0.469 e. The molecule has 1 aromatic heterocycles. The predicted molar refractivity (Wildman–Crippen MR) is 383 cm³/mol. The van der Waals surface area contributed by atoms with Crippen molar-refractivity contribution in [2.45, 2.75) is 274 Å². The quantitative estimate of drug-likeness (QED) is 0.0859. The van der Waals surface area contributed by atoms with Crippen LogP contribution in [0, 0.1) is 32.6 Å². The highest BCUT2D eigenvalue weighted by Crippen LogP contribution is 2.15. The first-order valence-electron chi connectivity index (χ1n) is 33.9. The zero-order chi connectivity index (χ0) is 65.0. The first-order chi connectivity index (χ1) is 39.9. The Morgan fingerprint density at radius 2 is 1.04 bits per heavy atom. The van der Waals surface area contributed by atoms with Crippen LogP contribution in [-0.4, -0.2) is 81.5 Å². The standard InChI is InChI=1S/C10H14.C9H20.2C8H10.C7H15NO.C6H15N.C6H8O.C5H12.2C4H10.C4H8.C3H9N.C3H8O/c1-3-6-10-8-5-4-7-9(10)2;1-4-7-8-9(5-2)6-3;1-7-3-5-8(2)6-4-7;1-2-8-6-4-3-5-7-8;1-2-3-8-4-6-9-7-5-8;1-4-5-6-7(2)3;1-2-6-4-3-5-7-6;1-4-5(2)3;3*1-3-4-2;2*1-2-3-4/h4-5,7-8H,3,6H2,1-2H3;9H,4-8H2,1-3H3;3-6H,1-2H3;3-7H,2H2,1H3;2-7H2,1H3;4-6H2,1-3H3;3-5H,2H2,1H3;5H,4H2,1-3H3;2*3-4H2,1-2H3;3H,1,4H2,2H3;2-4H2,1H3;4H,2-3H2,1H3. The molecule has 0 bridgehead atoms. The summed E-state index contributed by atoms with van der Waals surface area (Å²) in [6.07, 6.45) is 28.7. The highest BCUT2D eigenvalue weighted by atomic mass is 16.5. The number of allylic oxidation sites excluding steroid dienone is 1. The van der Waals surface area contributed by atoms with Gasteiger partial charge in [0.15, 0.2) is 0 Å². The Hall–Kier alpha value is -3.52. The number of aliphatic hydroxyl groups is 1. The lowest BCUT2D eigenvalue weighted by molar-refractivity contribution is 0.0380. The van der Waals surface area contributed by atoms with Crippen LogP contribution in [0.2, 0.25) is 0 Å². The molecule has 0 unspecified atom stereocenters. The lowest BCUT2D eigenvalue weighted by Gasteiger charge is -2.25. The van der Waals surface area contributed by atoms with Crippen LogP contribution in [-0.2, 0) is 24.0 Å². The second-order valence-corrected chi connectivity index (χ2v) is 21.6. The zero-order valence-corrected chi connectivity index (χ0v) is 60.2. The number of hydrogen-bond acceptors (Lipinski definition) is 6. The molecule has 6 nitrogen and oxygen atoms in total. The number of unbranched alkanes of at least 4 members (excludes halogenated alkanes) is 4. The van der Waals surface area contributed by atoms with Crippen molar-refractivity contribution < 1.29 is 14.3 Å². The molecular weight excluding hydrogens is 1010 g/mol. The van der Waals surface area contributed by atoms with Gasteiger partial charge in [0.25, 0.3) is 0 Å². The zero-order valence-electron chi connectivity index (χ0n) is 60.2. The summed E-state index contributed by atoms with van der Waals surface area (Å²) in [7, 11) is 4.21. The third-order valence-corrected chi connectivity index (χ3v) is 12.5. The second-order valence-electron chi connectivity index (χ2n) is 21.6. The van der Waals surface area contributed by atoms with Crippen LogP contribution in [0.4, 0.5) is 0 Å². The van der Waals surface area contributed by atoms with E-state index < -0.39 is 0 Å². The van der Waals surface area contributed by atoms with Gasteiger partial charge in [-0.15, -0.1) is 6.58 Å². The maximum Gasteiger partial charge on any atom is 0.103 e. The van der Waals surface area contributed by atoms with Crippen molar-refractivity contribution in [1.82, 2.24) is 9.80 Å². The highest BCUT2D eigenvalue weighted by Gasteiger charge is 2.07. The van der Waals surface area contributed by atoms with Gasteiger partial charge in [-0.25, -0.2) is 0 Å². The molecule has 1 fully saturated rings. The summed E-state index contributed by atoms with van der Waals surface area (Å²) >= 11 is 0. The Kier molecular flexibility index (Phi) is 101. The highest BCUT2D eigenvalue weighted by molar-refractivity contribution is 5.25. The summed E-state index contributed by atoms with van der Waals surface area (Å²) in [5.74, 6) is 2.94. The van der Waals surface area contributed by atoms with Crippen LogP contribution in [0.25, 0.3) is 0 Å². The normalized spacial score (nSPS) is 10.5. The number of nitrogens with two attached hydrogens (primary N) is 1.